The van der Waals surface area contributed by atoms with E-state index in [1.165, 1.54) is 18.2 Å². The van der Waals surface area contributed by atoms with Gasteiger partial charge in [0.1, 0.15) is 9.32 Å². The molecule has 0 bridgehead atoms. The zero-order valence-corrected chi connectivity index (χ0v) is 10.8. The van der Waals surface area contributed by atoms with Crippen LogP contribution in [0.4, 0.5) is 19.0 Å². The highest BCUT2D eigenvalue weighted by atomic mass is 127. The second-order valence-corrected chi connectivity index (χ2v) is 4.37. The molecular formula is C10H6F3IN2O2. The maximum absolute atomic E-state index is 12.1. The van der Waals surface area contributed by atoms with E-state index in [4.69, 9.17) is 10.3 Å². The lowest BCUT2D eigenvalue weighted by molar-refractivity contribution is -0.274. The minimum atomic E-state index is -4.73. The molecule has 0 radical (unpaired) electrons. The molecule has 0 unspecified atom stereocenters. The summed E-state index contributed by atoms with van der Waals surface area (Å²) in [6.07, 6.45) is -4.73. The van der Waals surface area contributed by atoms with Crippen LogP contribution in [0.5, 0.6) is 5.75 Å². The fraction of sp³-hybridized carbons (Fsp3) is 0.100. The summed E-state index contributed by atoms with van der Waals surface area (Å²) in [5.41, 5.74) is 5.90. The van der Waals surface area contributed by atoms with Crippen LogP contribution < -0.4 is 10.5 Å². The van der Waals surface area contributed by atoms with Gasteiger partial charge in [0, 0.05) is 5.56 Å². The monoisotopic (exact) mass is 370 g/mol. The number of nitrogens with two attached hydrogens (primary N) is 1. The van der Waals surface area contributed by atoms with E-state index in [9.17, 15) is 13.2 Å². The van der Waals surface area contributed by atoms with E-state index in [0.717, 1.165) is 0 Å². The van der Waals surface area contributed by atoms with Gasteiger partial charge in [-0.2, -0.15) is 0 Å². The molecule has 96 valence electrons. The molecule has 2 aromatic rings. The van der Waals surface area contributed by atoms with Crippen molar-refractivity contribution in [3.05, 3.63) is 27.8 Å². The van der Waals surface area contributed by atoms with Gasteiger partial charge in [-0.3, -0.25) is 0 Å². The van der Waals surface area contributed by atoms with Crippen molar-refractivity contribution in [1.29, 1.82) is 0 Å². The number of anilines is 1. The molecule has 4 nitrogen and oxygen atoms in total. The Hall–Kier alpha value is -1.45. The van der Waals surface area contributed by atoms with Crippen LogP contribution in [-0.2, 0) is 0 Å². The largest absolute Gasteiger partial charge is 0.573 e. The Balaban J connectivity index is 2.36. The molecule has 8 heteroatoms. The number of hydrogen-bond acceptors (Lipinski definition) is 4. The van der Waals surface area contributed by atoms with Crippen molar-refractivity contribution in [3.63, 3.8) is 0 Å². The Labute approximate surface area is 113 Å². The van der Waals surface area contributed by atoms with Gasteiger partial charge in [-0.1, -0.05) is 17.3 Å². The molecule has 18 heavy (non-hydrogen) atoms. The predicted molar refractivity (Wildman–Crippen MR) is 65.8 cm³/mol. The average Bonchev–Trinajstić information content (AvgIpc) is 2.58. The van der Waals surface area contributed by atoms with Crippen LogP contribution in [0.15, 0.2) is 28.8 Å². The molecule has 0 saturated carbocycles. The Morgan fingerprint density at radius 3 is 2.61 bits per heavy atom. The number of aromatic nitrogens is 1. The second kappa shape index (κ2) is 4.67. The molecular weight excluding hydrogens is 364 g/mol. The lowest BCUT2D eigenvalue weighted by Crippen LogP contribution is -2.17. The number of nitrogens with zero attached hydrogens (tertiary/aromatic N) is 1. The summed E-state index contributed by atoms with van der Waals surface area (Å²) in [6, 6.07) is 5.40. The van der Waals surface area contributed by atoms with E-state index in [-0.39, 0.29) is 11.6 Å². The molecule has 1 aromatic carbocycles. The molecule has 0 fully saturated rings. The van der Waals surface area contributed by atoms with Crippen LogP contribution in [-0.4, -0.2) is 11.5 Å². The molecule has 1 aromatic heterocycles. The van der Waals surface area contributed by atoms with Gasteiger partial charge in [-0.05, 0) is 34.7 Å². The van der Waals surface area contributed by atoms with Crippen LogP contribution in [0.2, 0.25) is 0 Å². The van der Waals surface area contributed by atoms with Gasteiger partial charge >= 0.3 is 6.36 Å². The lowest BCUT2D eigenvalue weighted by Gasteiger charge is -2.09. The number of hydrogen-bond donors (Lipinski definition) is 1. The van der Waals surface area contributed by atoms with E-state index >= 15 is 0 Å². The first kappa shape index (κ1) is 13.0. The lowest BCUT2D eigenvalue weighted by atomic mass is 10.1. The molecule has 0 amide bonds. The van der Waals surface area contributed by atoms with Gasteiger partial charge in [0.15, 0.2) is 11.6 Å². The summed E-state index contributed by atoms with van der Waals surface area (Å²) >= 11 is 1.90. The Kier molecular flexibility index (Phi) is 3.37. The number of alkyl halides is 3. The maximum Gasteiger partial charge on any atom is 0.573 e. The van der Waals surface area contributed by atoms with Crippen molar-refractivity contribution < 1.29 is 22.4 Å². The first-order chi connectivity index (χ1) is 8.37. The Morgan fingerprint density at radius 1 is 1.33 bits per heavy atom. The standard InChI is InChI=1S/C10H6F3IN2O2/c11-10(12,13)17-6-3-1-2-5(4-6)8-7(14)9(15)16-18-8/h1-4H,(H2,15,16). The summed E-state index contributed by atoms with van der Waals surface area (Å²) in [5, 5.41) is 3.53. The number of halogens is 4. The first-order valence-electron chi connectivity index (χ1n) is 4.63. The third kappa shape index (κ3) is 2.86. The summed E-state index contributed by atoms with van der Waals surface area (Å²) < 4.78 is 45.5. The smallest absolute Gasteiger partial charge is 0.406 e. The summed E-state index contributed by atoms with van der Waals surface area (Å²) in [5.74, 6) is 0.166. The fourth-order valence-electron chi connectivity index (χ4n) is 1.31. The third-order valence-electron chi connectivity index (χ3n) is 1.99. The van der Waals surface area contributed by atoms with Gasteiger partial charge in [0.05, 0.1) is 0 Å². The van der Waals surface area contributed by atoms with Gasteiger partial charge in [0.25, 0.3) is 0 Å². The fourth-order valence-corrected chi connectivity index (χ4v) is 1.81. The van der Waals surface area contributed by atoms with Crippen molar-refractivity contribution in [2.75, 3.05) is 5.73 Å². The Bertz CT molecular complexity index is 568. The van der Waals surface area contributed by atoms with Crippen molar-refractivity contribution in [3.8, 4) is 17.1 Å². The predicted octanol–water partition coefficient (Wildman–Crippen LogP) is 3.43. The molecule has 0 aliphatic heterocycles. The zero-order chi connectivity index (χ0) is 13.3. The van der Waals surface area contributed by atoms with Crippen LogP contribution in [0.1, 0.15) is 0 Å². The van der Waals surface area contributed by atoms with Crippen LogP contribution >= 0.6 is 22.6 Å². The molecule has 2 rings (SSSR count). The minimum absolute atomic E-state index is 0.188. The number of nitrogen functional groups attached to an aromatic ring is 1. The van der Waals surface area contributed by atoms with Crippen molar-refractivity contribution in [2.24, 2.45) is 0 Å². The van der Waals surface area contributed by atoms with Crippen molar-refractivity contribution >= 4 is 28.4 Å². The second-order valence-electron chi connectivity index (χ2n) is 3.29. The highest BCUT2D eigenvalue weighted by Crippen LogP contribution is 2.32. The van der Waals surface area contributed by atoms with E-state index < -0.39 is 6.36 Å². The third-order valence-corrected chi connectivity index (χ3v) is 3.03. The van der Waals surface area contributed by atoms with E-state index in [1.807, 2.05) is 22.6 Å². The number of rotatable bonds is 2. The maximum atomic E-state index is 12.1. The van der Waals surface area contributed by atoms with Crippen LogP contribution in [0, 0.1) is 3.57 Å². The van der Waals surface area contributed by atoms with Crippen LogP contribution in [0.3, 0.4) is 0 Å². The highest BCUT2D eigenvalue weighted by molar-refractivity contribution is 14.1. The quantitative estimate of drug-likeness (QED) is 0.823. The van der Waals surface area contributed by atoms with Gasteiger partial charge in [-0.15, -0.1) is 13.2 Å². The van der Waals surface area contributed by atoms with Gasteiger partial charge in [-0.25, -0.2) is 0 Å². The number of benzene rings is 1. The summed E-state index contributed by atoms with van der Waals surface area (Å²) in [7, 11) is 0. The molecule has 0 saturated heterocycles. The van der Waals surface area contributed by atoms with E-state index in [0.29, 0.717) is 14.9 Å². The van der Waals surface area contributed by atoms with Gasteiger partial charge in [0.2, 0.25) is 0 Å². The van der Waals surface area contributed by atoms with Crippen LogP contribution in [0.25, 0.3) is 11.3 Å². The van der Waals surface area contributed by atoms with Gasteiger partial charge < -0.3 is 15.0 Å². The first-order valence-corrected chi connectivity index (χ1v) is 5.71. The molecule has 2 N–H and O–H groups in total. The highest BCUT2D eigenvalue weighted by Gasteiger charge is 2.31. The average molecular weight is 370 g/mol. The Morgan fingerprint density at radius 2 is 2.06 bits per heavy atom. The SMILES string of the molecule is Nc1noc(-c2cccc(OC(F)(F)F)c2)c1I. The molecule has 0 spiro atoms. The zero-order valence-electron chi connectivity index (χ0n) is 8.66. The van der Waals surface area contributed by atoms with E-state index in [2.05, 4.69) is 9.89 Å². The normalized spacial score (nSPS) is 11.6. The summed E-state index contributed by atoms with van der Waals surface area (Å²) in [4.78, 5) is 0. The molecule has 0 aliphatic carbocycles. The topological polar surface area (TPSA) is 61.3 Å². The molecule has 0 aliphatic rings. The van der Waals surface area contributed by atoms with Crippen molar-refractivity contribution in [1.82, 2.24) is 5.16 Å². The molecule has 0 atom stereocenters. The van der Waals surface area contributed by atoms with E-state index in [1.54, 1.807) is 6.07 Å². The number of ether oxygens (including phenoxy) is 1. The van der Waals surface area contributed by atoms with Crippen molar-refractivity contribution in [2.45, 2.75) is 6.36 Å². The minimum Gasteiger partial charge on any atom is -0.406 e. The summed E-state index contributed by atoms with van der Waals surface area (Å²) in [6.45, 7) is 0. The molecule has 1 heterocycles.